The van der Waals surface area contributed by atoms with Gasteiger partial charge in [-0.05, 0) is 31.0 Å². The van der Waals surface area contributed by atoms with E-state index >= 15 is 0 Å². The quantitative estimate of drug-likeness (QED) is 0.348. The summed E-state index contributed by atoms with van der Waals surface area (Å²) in [4.78, 5) is 4.12. The molecule has 5 nitrogen and oxygen atoms in total. The number of alkyl halides is 3. The lowest BCUT2D eigenvalue weighted by Gasteiger charge is -2.12. The Morgan fingerprint density at radius 3 is 2.24 bits per heavy atom. The minimum absolute atomic E-state index is 0. The van der Waals surface area contributed by atoms with Crippen molar-refractivity contribution in [1.82, 2.24) is 10.6 Å². The van der Waals surface area contributed by atoms with Crippen molar-refractivity contribution in [2.75, 3.05) is 25.9 Å². The molecule has 0 amide bonds. The highest BCUT2D eigenvalue weighted by Crippen LogP contribution is 2.18. The number of halogens is 4. The summed E-state index contributed by atoms with van der Waals surface area (Å²) in [5.41, 5.74) is 0.918. The van der Waals surface area contributed by atoms with Gasteiger partial charge in [-0.2, -0.15) is 13.2 Å². The van der Waals surface area contributed by atoms with Crippen molar-refractivity contribution in [1.29, 1.82) is 0 Å². The zero-order valence-electron chi connectivity index (χ0n) is 14.1. The van der Waals surface area contributed by atoms with Gasteiger partial charge in [0.2, 0.25) is 0 Å². The summed E-state index contributed by atoms with van der Waals surface area (Å²) in [6, 6.07) is 6.50. The molecule has 0 bridgehead atoms. The van der Waals surface area contributed by atoms with E-state index in [0.29, 0.717) is 25.5 Å². The van der Waals surface area contributed by atoms with Gasteiger partial charge in [0.05, 0.1) is 17.9 Å². The Labute approximate surface area is 163 Å². The minimum atomic E-state index is -4.22. The third-order valence-corrected chi connectivity index (χ3v) is 4.20. The third-order valence-electron chi connectivity index (χ3n) is 3.07. The Kier molecular flexibility index (Phi) is 10.4. The maximum atomic E-state index is 12.1. The van der Waals surface area contributed by atoms with E-state index < -0.39 is 22.4 Å². The van der Waals surface area contributed by atoms with Crippen LogP contribution in [0.2, 0.25) is 0 Å². The molecular formula is C15H23F3IN3O2S. The average Bonchev–Trinajstić information content (AvgIpc) is 2.45. The van der Waals surface area contributed by atoms with Gasteiger partial charge >= 0.3 is 6.18 Å². The molecule has 10 heteroatoms. The lowest BCUT2D eigenvalue weighted by molar-refractivity contribution is -0.132. The molecule has 0 aliphatic carbocycles. The summed E-state index contributed by atoms with van der Waals surface area (Å²) in [6.45, 7) is 2.50. The number of guanidine groups is 1. The number of nitrogens with one attached hydrogen (secondary N) is 2. The largest absolute Gasteiger partial charge is 0.390 e. The van der Waals surface area contributed by atoms with Gasteiger partial charge in [0.25, 0.3) is 0 Å². The Bertz CT molecular complexity index is 647. The SMILES string of the molecule is CCNC(=NCCC(F)(F)F)NCCc1ccc(S(C)(=O)=O)cc1.I. The van der Waals surface area contributed by atoms with Gasteiger partial charge < -0.3 is 10.6 Å². The molecule has 0 aromatic heterocycles. The number of hydrogen-bond donors (Lipinski definition) is 2. The summed E-state index contributed by atoms with van der Waals surface area (Å²) < 4.78 is 59.1. The van der Waals surface area contributed by atoms with Crippen LogP contribution in [0.15, 0.2) is 34.2 Å². The highest BCUT2D eigenvalue weighted by atomic mass is 127. The van der Waals surface area contributed by atoms with Crippen LogP contribution in [0.1, 0.15) is 18.9 Å². The maximum Gasteiger partial charge on any atom is 0.390 e. The second-order valence-corrected chi connectivity index (χ2v) is 7.23. The van der Waals surface area contributed by atoms with Gasteiger partial charge in [-0.3, -0.25) is 4.99 Å². The van der Waals surface area contributed by atoms with E-state index in [1.54, 1.807) is 12.1 Å². The van der Waals surface area contributed by atoms with Crippen molar-refractivity contribution in [3.05, 3.63) is 29.8 Å². The molecule has 1 aromatic rings. The molecule has 0 heterocycles. The second-order valence-electron chi connectivity index (χ2n) is 5.22. The fourth-order valence-corrected chi connectivity index (χ4v) is 2.50. The van der Waals surface area contributed by atoms with Crippen LogP contribution in [-0.2, 0) is 16.3 Å². The van der Waals surface area contributed by atoms with Crippen LogP contribution in [0.5, 0.6) is 0 Å². The lowest BCUT2D eigenvalue weighted by atomic mass is 10.1. The van der Waals surface area contributed by atoms with Crippen LogP contribution in [0.3, 0.4) is 0 Å². The Hall–Kier alpha value is -1.04. The van der Waals surface area contributed by atoms with E-state index in [9.17, 15) is 21.6 Å². The second kappa shape index (κ2) is 10.8. The molecule has 0 fully saturated rings. The Morgan fingerprint density at radius 2 is 1.76 bits per heavy atom. The first-order valence-corrected chi connectivity index (χ1v) is 9.39. The molecule has 0 radical (unpaired) electrons. The molecule has 0 spiro atoms. The molecule has 0 unspecified atom stereocenters. The first kappa shape index (κ1) is 24.0. The fourth-order valence-electron chi connectivity index (χ4n) is 1.86. The molecule has 25 heavy (non-hydrogen) atoms. The van der Waals surface area contributed by atoms with Gasteiger partial charge in [-0.1, -0.05) is 12.1 Å². The van der Waals surface area contributed by atoms with E-state index in [2.05, 4.69) is 15.6 Å². The zero-order chi connectivity index (χ0) is 18.2. The van der Waals surface area contributed by atoms with Crippen LogP contribution >= 0.6 is 24.0 Å². The molecule has 0 saturated carbocycles. The van der Waals surface area contributed by atoms with Crippen LogP contribution in [0, 0.1) is 0 Å². The molecule has 0 atom stereocenters. The van der Waals surface area contributed by atoms with Crippen molar-refractivity contribution in [3.8, 4) is 0 Å². The van der Waals surface area contributed by atoms with Gasteiger partial charge in [0, 0.05) is 19.3 Å². The highest BCUT2D eigenvalue weighted by molar-refractivity contribution is 14.0. The standard InChI is InChI=1S/C15H22F3N3O2S.HI/c1-3-19-14(21-11-9-15(16,17)18)20-10-8-12-4-6-13(7-5-12)24(2,22)23;/h4-7H,3,8-11H2,1-2H3,(H2,19,20,21);1H. The predicted octanol–water partition coefficient (Wildman–Crippen LogP) is 2.76. The molecule has 144 valence electrons. The summed E-state index contributed by atoms with van der Waals surface area (Å²) in [5.74, 6) is 0.328. The first-order chi connectivity index (χ1) is 11.1. The van der Waals surface area contributed by atoms with Crippen molar-refractivity contribution in [2.24, 2.45) is 4.99 Å². The van der Waals surface area contributed by atoms with Gasteiger partial charge in [-0.15, -0.1) is 24.0 Å². The van der Waals surface area contributed by atoms with Crippen molar-refractivity contribution < 1.29 is 21.6 Å². The van der Waals surface area contributed by atoms with Crippen LogP contribution in [0.4, 0.5) is 13.2 Å². The molecule has 0 aliphatic rings. The van der Waals surface area contributed by atoms with Gasteiger partial charge in [0.15, 0.2) is 15.8 Å². The normalized spacial score (nSPS) is 12.4. The summed E-state index contributed by atoms with van der Waals surface area (Å²) in [5, 5.41) is 5.83. The third kappa shape index (κ3) is 10.5. The smallest absolute Gasteiger partial charge is 0.357 e. The monoisotopic (exact) mass is 493 g/mol. The number of aliphatic imine (C=N–C) groups is 1. The predicted molar refractivity (Wildman–Crippen MR) is 103 cm³/mol. The van der Waals surface area contributed by atoms with Crippen molar-refractivity contribution >= 4 is 39.8 Å². The molecule has 0 aliphatic heterocycles. The first-order valence-electron chi connectivity index (χ1n) is 7.50. The summed E-state index contributed by atoms with van der Waals surface area (Å²) in [6.07, 6.45) is -3.45. The molecular weight excluding hydrogens is 470 g/mol. The van der Waals surface area contributed by atoms with Crippen molar-refractivity contribution in [3.63, 3.8) is 0 Å². The van der Waals surface area contributed by atoms with Crippen LogP contribution in [0.25, 0.3) is 0 Å². The number of nitrogens with zero attached hydrogens (tertiary/aromatic N) is 1. The highest BCUT2D eigenvalue weighted by Gasteiger charge is 2.26. The van der Waals surface area contributed by atoms with E-state index in [-0.39, 0.29) is 35.4 Å². The number of sulfone groups is 1. The van der Waals surface area contributed by atoms with Gasteiger partial charge in [0.1, 0.15) is 0 Å². The van der Waals surface area contributed by atoms with Crippen LogP contribution < -0.4 is 10.6 Å². The van der Waals surface area contributed by atoms with Crippen molar-refractivity contribution in [2.45, 2.75) is 30.8 Å². The van der Waals surface area contributed by atoms with E-state index in [0.717, 1.165) is 11.8 Å². The van der Waals surface area contributed by atoms with Crippen LogP contribution in [-0.4, -0.2) is 46.4 Å². The molecule has 1 aromatic carbocycles. The molecule has 2 N–H and O–H groups in total. The number of hydrogen-bond acceptors (Lipinski definition) is 3. The lowest BCUT2D eigenvalue weighted by Crippen LogP contribution is -2.38. The minimum Gasteiger partial charge on any atom is -0.357 e. The molecule has 1 rings (SSSR count). The summed E-state index contributed by atoms with van der Waals surface area (Å²) in [7, 11) is -3.22. The molecule has 0 saturated heterocycles. The maximum absolute atomic E-state index is 12.1. The average molecular weight is 493 g/mol. The number of rotatable bonds is 7. The zero-order valence-corrected chi connectivity index (χ0v) is 17.2. The fraction of sp³-hybridized carbons (Fsp3) is 0.533. The Balaban J connectivity index is 0.00000576. The topological polar surface area (TPSA) is 70.6 Å². The van der Waals surface area contributed by atoms with E-state index in [1.165, 1.54) is 12.1 Å². The van der Waals surface area contributed by atoms with Gasteiger partial charge in [-0.25, -0.2) is 8.42 Å². The van der Waals surface area contributed by atoms with E-state index in [1.807, 2.05) is 6.92 Å². The summed E-state index contributed by atoms with van der Waals surface area (Å²) >= 11 is 0. The van der Waals surface area contributed by atoms with E-state index in [4.69, 9.17) is 0 Å². The Morgan fingerprint density at radius 1 is 1.16 bits per heavy atom. The number of benzene rings is 1.